The monoisotopic (exact) mass is 436 g/mol. The number of nitrogens with one attached hydrogen (secondary N) is 1. The fourth-order valence-electron chi connectivity index (χ4n) is 3.61. The van der Waals surface area contributed by atoms with E-state index in [0.29, 0.717) is 17.1 Å². The zero-order valence-electron chi connectivity index (χ0n) is 17.2. The Labute approximate surface area is 179 Å². The third-order valence-electron chi connectivity index (χ3n) is 4.98. The van der Waals surface area contributed by atoms with E-state index in [-0.39, 0.29) is 5.92 Å². The first-order valence-electron chi connectivity index (χ1n) is 9.89. The van der Waals surface area contributed by atoms with Crippen molar-refractivity contribution < 1.29 is 24.9 Å². The van der Waals surface area contributed by atoms with Crippen LogP contribution >= 0.6 is 12.2 Å². The van der Waals surface area contributed by atoms with Crippen LogP contribution in [0.4, 0.5) is 0 Å². The van der Waals surface area contributed by atoms with E-state index in [0.717, 1.165) is 5.56 Å². The van der Waals surface area contributed by atoms with Gasteiger partial charge in [-0.15, -0.1) is 5.10 Å². The molecule has 0 aliphatic carbocycles. The van der Waals surface area contributed by atoms with Crippen molar-refractivity contribution in [2.75, 3.05) is 6.61 Å². The number of nitrogens with zero attached hydrogens (tertiary/aromatic N) is 3. The molecule has 0 radical (unpaired) electrons. The number of aromatic nitrogens is 3. The van der Waals surface area contributed by atoms with Crippen LogP contribution in [0.1, 0.15) is 27.0 Å². The summed E-state index contributed by atoms with van der Waals surface area (Å²) < 4.78 is 9.52. The van der Waals surface area contributed by atoms with Crippen molar-refractivity contribution >= 4 is 18.1 Å². The Morgan fingerprint density at radius 3 is 2.50 bits per heavy atom. The van der Waals surface area contributed by atoms with Crippen molar-refractivity contribution in [1.29, 1.82) is 0 Å². The predicted molar refractivity (Wildman–Crippen MR) is 112 cm³/mol. The molecule has 1 fully saturated rings. The summed E-state index contributed by atoms with van der Waals surface area (Å²) in [5.74, 6) is 0.507. The Kier molecular flexibility index (Phi) is 7.04. The summed E-state index contributed by atoms with van der Waals surface area (Å²) in [5, 5.41) is 37.8. The number of ether oxygens (including phenoxy) is 1. The van der Waals surface area contributed by atoms with E-state index in [1.165, 1.54) is 11.6 Å². The molecule has 5 atom stereocenters. The fourth-order valence-corrected chi connectivity index (χ4v) is 3.91. The molecule has 1 aliphatic heterocycles. The van der Waals surface area contributed by atoms with Crippen LogP contribution in [-0.4, -0.2) is 66.5 Å². The second-order valence-electron chi connectivity index (χ2n) is 7.88. The standard InChI is InChI=1S/C20H28N4O5S/c1-11(2)9-23-18(13-7-5-4-6-8-13)22-24(20(23)30)19-15(21-12(3)26)17(28)16(27)14(10-25)29-19/h4-8,11,14-17,19,25,27-28H,9-10H2,1-3H3,(H,21,26)/t14-,15-,16-,17-,19+/m1/s1. The zero-order valence-corrected chi connectivity index (χ0v) is 18.0. The normalized spacial score (nSPS) is 26.7. The smallest absolute Gasteiger partial charge is 0.217 e. The average molecular weight is 437 g/mol. The number of aliphatic hydroxyl groups excluding tert-OH is 3. The van der Waals surface area contributed by atoms with Gasteiger partial charge < -0.3 is 25.4 Å². The highest BCUT2D eigenvalue weighted by Crippen LogP contribution is 2.30. The van der Waals surface area contributed by atoms with Crippen molar-refractivity contribution in [1.82, 2.24) is 19.7 Å². The van der Waals surface area contributed by atoms with E-state index in [2.05, 4.69) is 24.3 Å². The lowest BCUT2D eigenvalue weighted by Gasteiger charge is -2.42. The lowest BCUT2D eigenvalue weighted by Crippen LogP contribution is -2.62. The van der Waals surface area contributed by atoms with Crippen LogP contribution in [0.5, 0.6) is 0 Å². The van der Waals surface area contributed by atoms with Gasteiger partial charge in [-0.05, 0) is 18.1 Å². The summed E-state index contributed by atoms with van der Waals surface area (Å²) in [4.78, 5) is 11.7. The Bertz CT molecular complexity index is 929. The minimum Gasteiger partial charge on any atom is -0.394 e. The van der Waals surface area contributed by atoms with Crippen molar-refractivity contribution in [2.24, 2.45) is 5.92 Å². The van der Waals surface area contributed by atoms with E-state index in [9.17, 15) is 20.1 Å². The molecule has 2 aromatic rings. The van der Waals surface area contributed by atoms with Gasteiger partial charge in [-0.25, -0.2) is 4.68 Å². The summed E-state index contributed by atoms with van der Waals surface area (Å²) in [6.45, 7) is 5.53. The van der Waals surface area contributed by atoms with Gasteiger partial charge in [0.1, 0.15) is 24.4 Å². The zero-order chi connectivity index (χ0) is 22.0. The van der Waals surface area contributed by atoms with Crippen LogP contribution in [-0.2, 0) is 16.1 Å². The molecule has 164 valence electrons. The van der Waals surface area contributed by atoms with Crippen LogP contribution in [0, 0.1) is 10.7 Å². The van der Waals surface area contributed by atoms with Gasteiger partial charge in [0.25, 0.3) is 0 Å². The molecule has 1 aliphatic rings. The highest BCUT2D eigenvalue weighted by atomic mass is 32.1. The molecule has 2 heterocycles. The second-order valence-corrected chi connectivity index (χ2v) is 8.24. The Morgan fingerprint density at radius 2 is 1.93 bits per heavy atom. The molecule has 4 N–H and O–H groups in total. The second kappa shape index (κ2) is 9.36. The minimum atomic E-state index is -1.37. The highest BCUT2D eigenvalue weighted by molar-refractivity contribution is 7.71. The number of benzene rings is 1. The number of carbonyl (C=O) groups excluding carboxylic acids is 1. The Balaban J connectivity index is 2.13. The van der Waals surface area contributed by atoms with Crippen molar-refractivity contribution in [3.05, 3.63) is 35.1 Å². The number of rotatable bonds is 6. The molecular weight excluding hydrogens is 408 g/mol. The Morgan fingerprint density at radius 1 is 1.27 bits per heavy atom. The summed E-state index contributed by atoms with van der Waals surface area (Å²) in [5.41, 5.74) is 0.856. The molecule has 9 nitrogen and oxygen atoms in total. The molecule has 0 spiro atoms. The number of aliphatic hydroxyl groups is 3. The van der Waals surface area contributed by atoms with Gasteiger partial charge in [0.05, 0.1) is 6.61 Å². The first-order chi connectivity index (χ1) is 14.2. The van der Waals surface area contributed by atoms with Crippen LogP contribution in [0.15, 0.2) is 30.3 Å². The molecule has 1 saturated heterocycles. The van der Waals surface area contributed by atoms with Gasteiger partial charge in [0, 0.05) is 19.0 Å². The third-order valence-corrected chi connectivity index (χ3v) is 5.38. The molecule has 0 unspecified atom stereocenters. The largest absolute Gasteiger partial charge is 0.394 e. The molecule has 1 amide bonds. The van der Waals surface area contributed by atoms with Gasteiger partial charge in [-0.1, -0.05) is 44.2 Å². The summed E-state index contributed by atoms with van der Waals surface area (Å²) in [7, 11) is 0. The molecule has 0 bridgehead atoms. The number of hydrogen-bond donors (Lipinski definition) is 4. The fraction of sp³-hybridized carbons (Fsp3) is 0.550. The quantitative estimate of drug-likeness (QED) is 0.495. The van der Waals surface area contributed by atoms with E-state index in [1.54, 1.807) is 0 Å². The lowest BCUT2D eigenvalue weighted by molar-refractivity contribution is -0.219. The van der Waals surface area contributed by atoms with Crippen LogP contribution in [0.3, 0.4) is 0 Å². The van der Waals surface area contributed by atoms with Crippen molar-refractivity contribution in [3.8, 4) is 11.4 Å². The number of amides is 1. The SMILES string of the molecule is CC(=O)N[C@@H]1[C@@H](O)[C@H](O)[C@@H](CO)O[C@@H]1n1nc(-c2ccccc2)n(CC(C)C)c1=S. The van der Waals surface area contributed by atoms with Crippen LogP contribution in [0.2, 0.25) is 0 Å². The van der Waals surface area contributed by atoms with Crippen LogP contribution in [0.25, 0.3) is 11.4 Å². The first kappa shape index (κ1) is 22.6. The van der Waals surface area contributed by atoms with E-state index in [4.69, 9.17) is 17.0 Å². The minimum absolute atomic E-state index is 0.285. The summed E-state index contributed by atoms with van der Waals surface area (Å²) >= 11 is 5.69. The predicted octanol–water partition coefficient (Wildman–Crippen LogP) is 0.853. The lowest BCUT2D eigenvalue weighted by atomic mass is 9.96. The maximum absolute atomic E-state index is 11.7. The van der Waals surface area contributed by atoms with Gasteiger partial charge in [0.2, 0.25) is 10.7 Å². The maximum Gasteiger partial charge on any atom is 0.217 e. The first-order valence-corrected chi connectivity index (χ1v) is 10.3. The topological polar surface area (TPSA) is 122 Å². The van der Waals surface area contributed by atoms with Gasteiger partial charge in [-0.3, -0.25) is 9.36 Å². The molecule has 0 saturated carbocycles. The van der Waals surface area contributed by atoms with Gasteiger partial charge in [0.15, 0.2) is 12.1 Å². The number of hydrogen-bond acceptors (Lipinski definition) is 7. The van der Waals surface area contributed by atoms with E-state index < -0.39 is 43.1 Å². The summed E-state index contributed by atoms with van der Waals surface area (Å²) in [6.07, 6.45) is -4.80. The third kappa shape index (κ3) is 4.47. The molecular formula is C20H28N4O5S. The highest BCUT2D eigenvalue weighted by Gasteiger charge is 2.46. The molecule has 3 rings (SSSR count). The Hall–Kier alpha value is -2.11. The average Bonchev–Trinajstić information content (AvgIpc) is 3.02. The van der Waals surface area contributed by atoms with Crippen molar-refractivity contribution in [2.45, 2.75) is 57.9 Å². The molecule has 30 heavy (non-hydrogen) atoms. The molecule has 1 aromatic heterocycles. The van der Waals surface area contributed by atoms with E-state index in [1.807, 2.05) is 34.9 Å². The molecule has 10 heteroatoms. The molecule has 1 aromatic carbocycles. The summed E-state index contributed by atoms with van der Waals surface area (Å²) in [6, 6.07) is 8.54. The number of carbonyl (C=O) groups is 1. The van der Waals surface area contributed by atoms with Crippen LogP contribution < -0.4 is 5.32 Å². The van der Waals surface area contributed by atoms with Gasteiger partial charge >= 0.3 is 0 Å². The van der Waals surface area contributed by atoms with Gasteiger partial charge in [-0.2, -0.15) is 0 Å². The van der Waals surface area contributed by atoms with Crippen molar-refractivity contribution in [3.63, 3.8) is 0 Å². The maximum atomic E-state index is 11.7. The van der Waals surface area contributed by atoms with E-state index >= 15 is 0 Å².